The molecule has 6 nitrogen and oxygen atoms in total. The number of para-hydroxylation sites is 2. The van der Waals surface area contributed by atoms with Gasteiger partial charge in [0.2, 0.25) is 5.91 Å². The Bertz CT molecular complexity index is 1280. The molecular weight excluding hydrogens is 383 g/mol. The number of nitrogens with zero attached hydrogens (tertiary/aromatic N) is 3. The number of fused-ring (bicyclic) bond motifs is 1. The van der Waals surface area contributed by atoms with Gasteiger partial charge in [0, 0.05) is 18.1 Å². The molecule has 0 aliphatic carbocycles. The standard InChI is InChI=1S/C23H17FN4O2/c24-17-6-8-18(9-7-17)26-22(29)15-28-21-4-2-1-3-19(21)27-20(23(28)30)10-5-16-11-13-25-14-12-16/h1-14H,15H2,(H,26,29)/b10-5+. The molecule has 4 aromatic rings. The number of halogens is 1. The summed E-state index contributed by atoms with van der Waals surface area (Å²) in [5.74, 6) is -0.793. The van der Waals surface area contributed by atoms with Crippen LogP contribution in [0.1, 0.15) is 11.3 Å². The van der Waals surface area contributed by atoms with Crippen LogP contribution in [0.4, 0.5) is 10.1 Å². The summed E-state index contributed by atoms with van der Waals surface area (Å²) in [6, 6.07) is 16.2. The van der Waals surface area contributed by atoms with Gasteiger partial charge in [-0.15, -0.1) is 0 Å². The lowest BCUT2D eigenvalue weighted by molar-refractivity contribution is -0.116. The minimum Gasteiger partial charge on any atom is -0.325 e. The molecule has 30 heavy (non-hydrogen) atoms. The van der Waals surface area contributed by atoms with Crippen molar-refractivity contribution in [1.29, 1.82) is 0 Å². The van der Waals surface area contributed by atoms with Crippen LogP contribution in [0.2, 0.25) is 0 Å². The third kappa shape index (κ3) is 4.30. The third-order valence-electron chi connectivity index (χ3n) is 4.45. The Hall–Kier alpha value is -4.13. The van der Waals surface area contributed by atoms with Crippen LogP contribution in [-0.4, -0.2) is 20.4 Å². The highest BCUT2D eigenvalue weighted by Gasteiger charge is 2.12. The molecule has 2 aromatic carbocycles. The summed E-state index contributed by atoms with van der Waals surface area (Å²) >= 11 is 0. The molecule has 0 fully saturated rings. The monoisotopic (exact) mass is 400 g/mol. The molecule has 4 rings (SSSR count). The number of amides is 1. The molecule has 148 valence electrons. The first kappa shape index (κ1) is 19.2. The van der Waals surface area contributed by atoms with Crippen molar-refractivity contribution < 1.29 is 9.18 Å². The highest BCUT2D eigenvalue weighted by molar-refractivity contribution is 5.91. The molecule has 1 amide bonds. The number of pyridine rings is 1. The van der Waals surface area contributed by atoms with Gasteiger partial charge in [0.1, 0.15) is 18.1 Å². The second-order valence-electron chi connectivity index (χ2n) is 6.55. The molecule has 1 N–H and O–H groups in total. The van der Waals surface area contributed by atoms with Gasteiger partial charge in [0.05, 0.1) is 11.0 Å². The topological polar surface area (TPSA) is 76.9 Å². The van der Waals surface area contributed by atoms with Crippen molar-refractivity contribution in [2.24, 2.45) is 0 Å². The molecule has 0 spiro atoms. The van der Waals surface area contributed by atoms with Crippen LogP contribution in [0.3, 0.4) is 0 Å². The number of carbonyl (C=O) groups is 1. The number of aromatic nitrogens is 3. The van der Waals surface area contributed by atoms with Gasteiger partial charge in [-0.25, -0.2) is 9.37 Å². The zero-order chi connectivity index (χ0) is 20.9. The molecular formula is C23H17FN4O2. The lowest BCUT2D eigenvalue weighted by Crippen LogP contribution is -2.30. The fraction of sp³-hybridized carbons (Fsp3) is 0.0435. The number of anilines is 1. The van der Waals surface area contributed by atoms with E-state index in [9.17, 15) is 14.0 Å². The van der Waals surface area contributed by atoms with Crippen LogP contribution in [0.25, 0.3) is 23.2 Å². The predicted molar refractivity (Wildman–Crippen MR) is 114 cm³/mol. The average Bonchev–Trinajstić information content (AvgIpc) is 2.77. The maximum Gasteiger partial charge on any atom is 0.277 e. The Balaban J connectivity index is 1.68. The number of carbonyl (C=O) groups excluding carboxylic acids is 1. The van der Waals surface area contributed by atoms with Crippen LogP contribution < -0.4 is 10.9 Å². The number of nitrogens with one attached hydrogen (secondary N) is 1. The van der Waals surface area contributed by atoms with Crippen LogP contribution in [0.5, 0.6) is 0 Å². The number of rotatable bonds is 5. The lowest BCUT2D eigenvalue weighted by Gasteiger charge is -2.11. The summed E-state index contributed by atoms with van der Waals surface area (Å²) < 4.78 is 14.4. The first-order valence-corrected chi connectivity index (χ1v) is 9.23. The highest BCUT2D eigenvalue weighted by Crippen LogP contribution is 2.13. The van der Waals surface area contributed by atoms with Crippen molar-refractivity contribution >= 4 is 34.8 Å². The normalized spacial score (nSPS) is 11.1. The average molecular weight is 400 g/mol. The molecule has 0 atom stereocenters. The van der Waals surface area contributed by atoms with Gasteiger partial charge >= 0.3 is 0 Å². The minimum absolute atomic E-state index is 0.199. The fourth-order valence-corrected chi connectivity index (χ4v) is 3.00. The molecule has 2 aromatic heterocycles. The summed E-state index contributed by atoms with van der Waals surface area (Å²) in [6.07, 6.45) is 6.71. The van der Waals surface area contributed by atoms with Gasteiger partial charge in [-0.1, -0.05) is 18.2 Å². The van der Waals surface area contributed by atoms with E-state index in [2.05, 4.69) is 15.3 Å². The molecule has 0 bridgehead atoms. The van der Waals surface area contributed by atoms with Crippen LogP contribution >= 0.6 is 0 Å². The summed E-state index contributed by atoms with van der Waals surface area (Å²) in [6.45, 7) is -0.199. The van der Waals surface area contributed by atoms with E-state index in [1.807, 2.05) is 18.2 Å². The molecule has 0 unspecified atom stereocenters. The van der Waals surface area contributed by atoms with Gasteiger partial charge in [-0.3, -0.25) is 19.1 Å². The van der Waals surface area contributed by atoms with Crippen molar-refractivity contribution in [3.63, 3.8) is 0 Å². The molecule has 7 heteroatoms. The summed E-state index contributed by atoms with van der Waals surface area (Å²) in [4.78, 5) is 34.0. The Morgan fingerprint density at radius 1 is 1.00 bits per heavy atom. The fourth-order valence-electron chi connectivity index (χ4n) is 3.00. The Labute approximate surface area is 171 Å². The Morgan fingerprint density at radius 2 is 1.73 bits per heavy atom. The van der Waals surface area contributed by atoms with E-state index in [1.54, 1.807) is 42.7 Å². The summed E-state index contributed by atoms with van der Waals surface area (Å²) in [5, 5.41) is 2.68. The molecule has 0 saturated carbocycles. The highest BCUT2D eigenvalue weighted by atomic mass is 19.1. The molecule has 0 radical (unpaired) electrons. The Morgan fingerprint density at radius 3 is 2.50 bits per heavy atom. The van der Waals surface area contributed by atoms with E-state index in [1.165, 1.54) is 28.8 Å². The molecule has 2 heterocycles. The van der Waals surface area contributed by atoms with Gasteiger partial charge in [-0.2, -0.15) is 0 Å². The third-order valence-corrected chi connectivity index (χ3v) is 4.45. The molecule has 0 saturated heterocycles. The SMILES string of the molecule is O=C(Cn1c(=O)c(/C=C/c2ccncc2)nc2ccccc21)Nc1ccc(F)cc1. The number of benzene rings is 2. The van der Waals surface area contributed by atoms with E-state index in [4.69, 9.17) is 0 Å². The smallest absolute Gasteiger partial charge is 0.277 e. The lowest BCUT2D eigenvalue weighted by atomic mass is 10.2. The predicted octanol–water partition coefficient (Wildman–Crippen LogP) is 3.74. The number of hydrogen-bond acceptors (Lipinski definition) is 4. The van der Waals surface area contributed by atoms with Crippen LogP contribution in [-0.2, 0) is 11.3 Å². The van der Waals surface area contributed by atoms with E-state index in [-0.39, 0.29) is 17.8 Å². The quantitative estimate of drug-likeness (QED) is 0.554. The van der Waals surface area contributed by atoms with Crippen molar-refractivity contribution in [2.45, 2.75) is 6.54 Å². The van der Waals surface area contributed by atoms with Gasteiger partial charge in [-0.05, 0) is 60.2 Å². The number of hydrogen-bond donors (Lipinski definition) is 1. The summed E-state index contributed by atoms with van der Waals surface area (Å²) in [5.41, 5.74) is 2.32. The minimum atomic E-state index is -0.399. The zero-order valence-corrected chi connectivity index (χ0v) is 15.8. The van der Waals surface area contributed by atoms with Crippen molar-refractivity contribution in [3.05, 3.63) is 100 Å². The van der Waals surface area contributed by atoms with Crippen molar-refractivity contribution in [2.75, 3.05) is 5.32 Å². The second kappa shape index (κ2) is 8.48. The van der Waals surface area contributed by atoms with Crippen molar-refractivity contribution in [1.82, 2.24) is 14.5 Å². The Kier molecular flexibility index (Phi) is 5.43. The second-order valence-corrected chi connectivity index (χ2v) is 6.55. The first-order chi connectivity index (χ1) is 14.6. The van der Waals surface area contributed by atoms with Crippen LogP contribution in [0.15, 0.2) is 77.9 Å². The zero-order valence-electron chi connectivity index (χ0n) is 15.8. The molecule has 0 aliphatic rings. The maximum absolute atomic E-state index is 13.1. The van der Waals surface area contributed by atoms with Crippen molar-refractivity contribution in [3.8, 4) is 0 Å². The maximum atomic E-state index is 13.1. The van der Waals surface area contributed by atoms with E-state index < -0.39 is 11.7 Å². The van der Waals surface area contributed by atoms with E-state index >= 15 is 0 Å². The van der Waals surface area contributed by atoms with Crippen LogP contribution in [0, 0.1) is 5.82 Å². The van der Waals surface area contributed by atoms with Gasteiger partial charge in [0.15, 0.2) is 0 Å². The first-order valence-electron chi connectivity index (χ1n) is 9.23. The largest absolute Gasteiger partial charge is 0.325 e. The van der Waals surface area contributed by atoms with E-state index in [0.29, 0.717) is 16.7 Å². The van der Waals surface area contributed by atoms with Gasteiger partial charge in [0.25, 0.3) is 5.56 Å². The van der Waals surface area contributed by atoms with E-state index in [0.717, 1.165) is 5.56 Å². The van der Waals surface area contributed by atoms with Gasteiger partial charge < -0.3 is 5.32 Å². The summed E-state index contributed by atoms with van der Waals surface area (Å²) in [7, 11) is 0. The molecule has 0 aliphatic heterocycles.